The summed E-state index contributed by atoms with van der Waals surface area (Å²) in [6.45, 7) is 16.5. The zero-order valence-corrected chi connectivity index (χ0v) is 12.8. The highest BCUT2D eigenvalue weighted by Gasteiger charge is 1.92. The van der Waals surface area contributed by atoms with Crippen LogP contribution in [0.25, 0.3) is 0 Å². The lowest BCUT2D eigenvalue weighted by atomic mass is 10.1. The zero-order valence-electron chi connectivity index (χ0n) is 12.8. The third-order valence-corrected chi connectivity index (χ3v) is 2.01. The average molecular weight is 232 g/mol. The Bertz CT molecular complexity index is 348. The van der Waals surface area contributed by atoms with Gasteiger partial charge >= 0.3 is 0 Å². The SMILES string of the molecule is CC.CC.Cc1ccc(C#CC(C)C)cc1C. The number of benzene rings is 1. The normalized spacial score (nSPS) is 8.06. The van der Waals surface area contributed by atoms with Gasteiger partial charge in [-0.15, -0.1) is 0 Å². The lowest BCUT2D eigenvalue weighted by Crippen LogP contribution is -1.83. The lowest BCUT2D eigenvalue weighted by Gasteiger charge is -1.99. The Balaban J connectivity index is 0. The molecule has 0 saturated heterocycles. The summed E-state index contributed by atoms with van der Waals surface area (Å²) in [7, 11) is 0. The maximum Gasteiger partial charge on any atom is 0.0248 e. The van der Waals surface area contributed by atoms with Crippen molar-refractivity contribution in [3.63, 3.8) is 0 Å². The molecule has 0 aliphatic heterocycles. The molecule has 0 N–H and O–H groups in total. The summed E-state index contributed by atoms with van der Waals surface area (Å²) in [5.74, 6) is 6.77. The standard InChI is InChI=1S/C13H16.2C2H6/c1-10(2)5-7-13-8-6-11(3)12(4)9-13;2*1-2/h6,8-10H,1-4H3;2*1-2H3. The monoisotopic (exact) mass is 232 g/mol. The molecule has 0 spiro atoms. The number of hydrogen-bond donors (Lipinski definition) is 0. The van der Waals surface area contributed by atoms with E-state index in [2.05, 4.69) is 57.7 Å². The van der Waals surface area contributed by atoms with E-state index in [0.29, 0.717) is 5.92 Å². The molecular weight excluding hydrogens is 204 g/mol. The maximum atomic E-state index is 3.16. The second kappa shape index (κ2) is 11.3. The molecule has 0 aliphatic carbocycles. The van der Waals surface area contributed by atoms with Gasteiger partial charge in [-0.1, -0.05) is 59.4 Å². The van der Waals surface area contributed by atoms with Gasteiger partial charge in [0.2, 0.25) is 0 Å². The first-order valence-electron chi connectivity index (χ1n) is 6.68. The van der Waals surface area contributed by atoms with Crippen LogP contribution in [0.3, 0.4) is 0 Å². The van der Waals surface area contributed by atoms with Crippen molar-refractivity contribution < 1.29 is 0 Å². The van der Waals surface area contributed by atoms with Crippen molar-refractivity contribution in [2.75, 3.05) is 0 Å². The Morgan fingerprint density at radius 1 is 0.882 bits per heavy atom. The van der Waals surface area contributed by atoms with E-state index in [1.54, 1.807) is 0 Å². The summed E-state index contributed by atoms with van der Waals surface area (Å²) in [5.41, 5.74) is 3.77. The first-order chi connectivity index (χ1) is 8.09. The van der Waals surface area contributed by atoms with Crippen molar-refractivity contribution in [1.29, 1.82) is 0 Å². The van der Waals surface area contributed by atoms with Gasteiger partial charge < -0.3 is 0 Å². The molecule has 0 aromatic heterocycles. The van der Waals surface area contributed by atoms with Crippen LogP contribution < -0.4 is 0 Å². The topological polar surface area (TPSA) is 0 Å². The molecule has 0 unspecified atom stereocenters. The second-order valence-electron chi connectivity index (χ2n) is 3.72. The number of hydrogen-bond acceptors (Lipinski definition) is 0. The average Bonchev–Trinajstić information content (AvgIpc) is 2.36. The Morgan fingerprint density at radius 3 is 1.82 bits per heavy atom. The van der Waals surface area contributed by atoms with Gasteiger partial charge in [-0.25, -0.2) is 0 Å². The molecule has 0 radical (unpaired) electrons. The fourth-order valence-corrected chi connectivity index (χ4v) is 1.05. The zero-order chi connectivity index (χ0) is 13.8. The van der Waals surface area contributed by atoms with Crippen LogP contribution in [0.1, 0.15) is 58.2 Å². The van der Waals surface area contributed by atoms with Crippen molar-refractivity contribution in [3.8, 4) is 11.8 Å². The molecule has 0 saturated carbocycles. The quantitative estimate of drug-likeness (QED) is 0.528. The van der Waals surface area contributed by atoms with Crippen LogP contribution in [0.4, 0.5) is 0 Å². The minimum absolute atomic E-state index is 0.446. The van der Waals surface area contributed by atoms with E-state index >= 15 is 0 Å². The third-order valence-electron chi connectivity index (χ3n) is 2.01. The molecule has 0 fully saturated rings. The molecular formula is C17H28. The van der Waals surface area contributed by atoms with Crippen LogP contribution in [0.2, 0.25) is 0 Å². The third kappa shape index (κ3) is 8.57. The van der Waals surface area contributed by atoms with Gasteiger partial charge in [-0.05, 0) is 37.1 Å². The van der Waals surface area contributed by atoms with Crippen molar-refractivity contribution in [2.45, 2.75) is 55.4 Å². The summed E-state index contributed by atoms with van der Waals surface area (Å²) >= 11 is 0. The number of aryl methyl sites for hydroxylation is 2. The van der Waals surface area contributed by atoms with Gasteiger partial charge in [0.05, 0.1) is 0 Å². The number of rotatable bonds is 0. The van der Waals surface area contributed by atoms with Crippen LogP contribution in [0.5, 0.6) is 0 Å². The Hall–Kier alpha value is -1.22. The second-order valence-corrected chi connectivity index (χ2v) is 3.72. The van der Waals surface area contributed by atoms with Crippen molar-refractivity contribution in [1.82, 2.24) is 0 Å². The van der Waals surface area contributed by atoms with Crippen LogP contribution >= 0.6 is 0 Å². The molecule has 1 aromatic rings. The van der Waals surface area contributed by atoms with Crippen LogP contribution in [-0.4, -0.2) is 0 Å². The Labute approximate surface area is 108 Å². The molecule has 0 amide bonds. The van der Waals surface area contributed by atoms with Crippen LogP contribution in [0, 0.1) is 31.6 Å². The maximum absolute atomic E-state index is 3.16. The fourth-order valence-electron chi connectivity index (χ4n) is 1.05. The molecule has 0 bridgehead atoms. The summed E-state index contributed by atoms with van der Waals surface area (Å²) in [6.07, 6.45) is 0. The highest BCUT2D eigenvalue weighted by Crippen LogP contribution is 2.08. The molecule has 0 atom stereocenters. The van der Waals surface area contributed by atoms with Gasteiger partial charge in [0.25, 0.3) is 0 Å². The van der Waals surface area contributed by atoms with Crippen LogP contribution in [0.15, 0.2) is 18.2 Å². The van der Waals surface area contributed by atoms with E-state index in [1.165, 1.54) is 11.1 Å². The smallest absolute Gasteiger partial charge is 0.0248 e. The summed E-state index contributed by atoms with van der Waals surface area (Å²) in [5, 5.41) is 0. The summed E-state index contributed by atoms with van der Waals surface area (Å²) in [6, 6.07) is 6.35. The summed E-state index contributed by atoms with van der Waals surface area (Å²) < 4.78 is 0. The predicted octanol–water partition coefficient (Wildman–Crippen LogP) is 5.36. The van der Waals surface area contributed by atoms with Crippen molar-refractivity contribution in [2.24, 2.45) is 5.92 Å². The van der Waals surface area contributed by atoms with Gasteiger partial charge in [-0.2, -0.15) is 0 Å². The van der Waals surface area contributed by atoms with Crippen LogP contribution in [-0.2, 0) is 0 Å². The Morgan fingerprint density at radius 2 is 1.41 bits per heavy atom. The molecule has 1 aromatic carbocycles. The van der Waals surface area contributed by atoms with E-state index in [1.807, 2.05) is 27.7 Å². The highest BCUT2D eigenvalue weighted by atomic mass is 14.0. The predicted molar refractivity (Wildman–Crippen MR) is 80.3 cm³/mol. The van der Waals surface area contributed by atoms with Gasteiger partial charge in [0, 0.05) is 11.5 Å². The van der Waals surface area contributed by atoms with E-state index in [0.717, 1.165) is 5.56 Å². The fraction of sp³-hybridized carbons (Fsp3) is 0.529. The minimum atomic E-state index is 0.446. The van der Waals surface area contributed by atoms with E-state index in [4.69, 9.17) is 0 Å². The van der Waals surface area contributed by atoms with Crippen molar-refractivity contribution in [3.05, 3.63) is 34.9 Å². The molecule has 0 nitrogen and oxygen atoms in total. The first kappa shape index (κ1) is 18.2. The van der Waals surface area contributed by atoms with E-state index in [9.17, 15) is 0 Å². The minimum Gasteiger partial charge on any atom is -0.0951 e. The first-order valence-corrected chi connectivity index (χ1v) is 6.68. The van der Waals surface area contributed by atoms with E-state index < -0.39 is 0 Å². The largest absolute Gasteiger partial charge is 0.0951 e. The van der Waals surface area contributed by atoms with Gasteiger partial charge in [0.15, 0.2) is 0 Å². The Kier molecular flexibility index (Phi) is 12.0. The lowest BCUT2D eigenvalue weighted by molar-refractivity contribution is 0.866. The molecule has 17 heavy (non-hydrogen) atoms. The molecule has 0 heteroatoms. The molecule has 96 valence electrons. The molecule has 0 heterocycles. The van der Waals surface area contributed by atoms with E-state index in [-0.39, 0.29) is 0 Å². The van der Waals surface area contributed by atoms with Gasteiger partial charge in [-0.3, -0.25) is 0 Å². The van der Waals surface area contributed by atoms with Crippen molar-refractivity contribution >= 4 is 0 Å². The molecule has 1 rings (SSSR count). The highest BCUT2D eigenvalue weighted by molar-refractivity contribution is 5.40. The van der Waals surface area contributed by atoms with Gasteiger partial charge in [0.1, 0.15) is 0 Å². The molecule has 0 aliphatic rings. The summed E-state index contributed by atoms with van der Waals surface area (Å²) in [4.78, 5) is 0.